The van der Waals surface area contributed by atoms with Crippen LogP contribution in [0.5, 0.6) is 0 Å². The molecule has 0 radical (unpaired) electrons. The lowest BCUT2D eigenvalue weighted by Gasteiger charge is -2.18. The summed E-state index contributed by atoms with van der Waals surface area (Å²) >= 11 is 0. The molecule has 120 valence electrons. The molecule has 0 bridgehead atoms. The van der Waals surface area contributed by atoms with Crippen molar-refractivity contribution in [2.45, 2.75) is 33.2 Å². The number of benzene rings is 2. The van der Waals surface area contributed by atoms with Crippen LogP contribution in [0.1, 0.15) is 39.9 Å². The molecule has 0 spiro atoms. The summed E-state index contributed by atoms with van der Waals surface area (Å²) in [5.41, 5.74) is 12.2. The van der Waals surface area contributed by atoms with Gasteiger partial charge in [0.15, 0.2) is 0 Å². The largest absolute Gasteiger partial charge is 0.366 e. The molecule has 0 aliphatic carbocycles. The van der Waals surface area contributed by atoms with Crippen LogP contribution in [-0.4, -0.2) is 23.9 Å². The molecule has 0 atom stereocenters. The minimum atomic E-state index is -0.341. The van der Waals surface area contributed by atoms with Crippen molar-refractivity contribution >= 4 is 5.91 Å². The fourth-order valence-electron chi connectivity index (χ4n) is 3.57. The summed E-state index contributed by atoms with van der Waals surface area (Å²) in [6.45, 7) is 7.27. The van der Waals surface area contributed by atoms with Gasteiger partial charge in [-0.05, 0) is 79.7 Å². The van der Waals surface area contributed by atoms with Crippen LogP contribution in [0.3, 0.4) is 0 Å². The molecule has 2 aromatic carbocycles. The highest BCUT2D eigenvalue weighted by Crippen LogP contribution is 2.29. The average molecular weight is 308 g/mol. The van der Waals surface area contributed by atoms with Gasteiger partial charge in [-0.2, -0.15) is 0 Å². The lowest BCUT2D eigenvalue weighted by atomic mass is 9.92. The first-order valence-electron chi connectivity index (χ1n) is 8.28. The van der Waals surface area contributed by atoms with Gasteiger partial charge in [-0.1, -0.05) is 24.3 Å². The van der Waals surface area contributed by atoms with Gasteiger partial charge >= 0.3 is 0 Å². The number of likely N-dealkylation sites (tertiary alicyclic amines) is 1. The van der Waals surface area contributed by atoms with Crippen LogP contribution in [-0.2, 0) is 6.54 Å². The molecule has 23 heavy (non-hydrogen) atoms. The fraction of sp³-hybridized carbons (Fsp3) is 0.350. The lowest BCUT2D eigenvalue weighted by Crippen LogP contribution is -2.22. The molecule has 1 aliphatic rings. The predicted molar refractivity (Wildman–Crippen MR) is 94.4 cm³/mol. The monoisotopic (exact) mass is 308 g/mol. The Balaban J connectivity index is 2.04. The molecule has 1 heterocycles. The zero-order valence-corrected chi connectivity index (χ0v) is 13.9. The van der Waals surface area contributed by atoms with Crippen molar-refractivity contribution < 1.29 is 4.79 Å². The Morgan fingerprint density at radius 1 is 1.09 bits per heavy atom. The van der Waals surface area contributed by atoms with Gasteiger partial charge in [-0.15, -0.1) is 0 Å². The van der Waals surface area contributed by atoms with Gasteiger partial charge in [0, 0.05) is 12.1 Å². The summed E-state index contributed by atoms with van der Waals surface area (Å²) in [7, 11) is 0. The maximum atomic E-state index is 11.8. The van der Waals surface area contributed by atoms with Crippen molar-refractivity contribution in [3.8, 4) is 11.1 Å². The number of hydrogen-bond donors (Lipinski definition) is 1. The molecular weight excluding hydrogens is 284 g/mol. The number of amides is 1. The molecule has 0 unspecified atom stereocenters. The van der Waals surface area contributed by atoms with Crippen molar-refractivity contribution in [2.75, 3.05) is 13.1 Å². The average Bonchev–Trinajstić information content (AvgIpc) is 3.00. The van der Waals surface area contributed by atoms with Crippen LogP contribution in [0.4, 0.5) is 0 Å². The smallest absolute Gasteiger partial charge is 0.249 e. The van der Waals surface area contributed by atoms with Crippen molar-refractivity contribution in [3.05, 3.63) is 58.7 Å². The number of nitrogens with zero attached hydrogens (tertiary/aromatic N) is 1. The summed E-state index contributed by atoms with van der Waals surface area (Å²) in [6, 6.07) is 12.4. The van der Waals surface area contributed by atoms with Crippen LogP contribution < -0.4 is 5.73 Å². The molecule has 2 aromatic rings. The summed E-state index contributed by atoms with van der Waals surface area (Å²) in [5, 5.41) is 0. The zero-order valence-electron chi connectivity index (χ0n) is 13.9. The number of carbonyl (C=O) groups excluding carboxylic acids is 1. The zero-order chi connectivity index (χ0) is 16.4. The number of nitrogens with two attached hydrogens (primary N) is 1. The number of primary amides is 1. The van der Waals surface area contributed by atoms with E-state index in [1.54, 1.807) is 0 Å². The van der Waals surface area contributed by atoms with Crippen molar-refractivity contribution in [1.82, 2.24) is 4.90 Å². The second kappa shape index (κ2) is 6.55. The standard InChI is InChI=1S/C20H24N2O/c1-14-6-5-7-15(2)19(14)16-8-9-18(20(21)23)17(12-16)13-22-10-3-4-11-22/h5-9,12H,3-4,10-11,13H2,1-2H3,(H2,21,23). The maximum Gasteiger partial charge on any atom is 0.249 e. The van der Waals surface area contributed by atoms with E-state index < -0.39 is 0 Å². The summed E-state index contributed by atoms with van der Waals surface area (Å²) in [5.74, 6) is -0.341. The van der Waals surface area contributed by atoms with Crippen molar-refractivity contribution in [1.29, 1.82) is 0 Å². The van der Waals surface area contributed by atoms with Gasteiger partial charge in [-0.3, -0.25) is 9.69 Å². The summed E-state index contributed by atoms with van der Waals surface area (Å²) < 4.78 is 0. The molecule has 0 saturated carbocycles. The summed E-state index contributed by atoms with van der Waals surface area (Å²) in [4.78, 5) is 14.2. The molecule has 1 amide bonds. The Morgan fingerprint density at radius 3 is 2.35 bits per heavy atom. The van der Waals surface area contributed by atoms with E-state index >= 15 is 0 Å². The van der Waals surface area contributed by atoms with E-state index in [0.717, 1.165) is 25.2 Å². The topological polar surface area (TPSA) is 46.3 Å². The first kappa shape index (κ1) is 15.8. The van der Waals surface area contributed by atoms with Crippen molar-refractivity contribution in [3.63, 3.8) is 0 Å². The van der Waals surface area contributed by atoms with Gasteiger partial charge in [-0.25, -0.2) is 0 Å². The second-order valence-corrected chi connectivity index (χ2v) is 6.49. The van der Waals surface area contributed by atoms with E-state index in [0.29, 0.717) is 5.56 Å². The van der Waals surface area contributed by atoms with Crippen LogP contribution in [0.15, 0.2) is 36.4 Å². The Bertz CT molecular complexity index is 710. The number of aryl methyl sites for hydroxylation is 2. The second-order valence-electron chi connectivity index (χ2n) is 6.49. The van der Waals surface area contributed by atoms with Crippen LogP contribution in [0.2, 0.25) is 0 Å². The number of rotatable bonds is 4. The third kappa shape index (κ3) is 3.30. The van der Waals surface area contributed by atoms with Gasteiger partial charge in [0.05, 0.1) is 0 Å². The molecule has 3 heteroatoms. The van der Waals surface area contributed by atoms with E-state index in [4.69, 9.17) is 5.73 Å². The Morgan fingerprint density at radius 2 is 1.74 bits per heavy atom. The Hall–Kier alpha value is -2.13. The Kier molecular flexibility index (Phi) is 4.49. The SMILES string of the molecule is Cc1cccc(C)c1-c1ccc(C(N)=O)c(CN2CCCC2)c1. The third-order valence-electron chi connectivity index (χ3n) is 4.73. The van der Waals surface area contributed by atoms with Gasteiger partial charge < -0.3 is 5.73 Å². The molecule has 1 aliphatic heterocycles. The van der Waals surface area contributed by atoms with Gasteiger partial charge in [0.1, 0.15) is 0 Å². The highest BCUT2D eigenvalue weighted by atomic mass is 16.1. The van der Waals surface area contributed by atoms with Crippen molar-refractivity contribution in [2.24, 2.45) is 5.73 Å². The quantitative estimate of drug-likeness (QED) is 0.937. The third-order valence-corrected chi connectivity index (χ3v) is 4.73. The highest BCUT2D eigenvalue weighted by Gasteiger charge is 2.17. The first-order valence-corrected chi connectivity index (χ1v) is 8.28. The number of hydrogen-bond acceptors (Lipinski definition) is 2. The summed E-state index contributed by atoms with van der Waals surface area (Å²) in [6.07, 6.45) is 2.48. The predicted octanol–water partition coefficient (Wildman–Crippen LogP) is 3.67. The van der Waals surface area contributed by atoms with Crippen LogP contribution in [0.25, 0.3) is 11.1 Å². The maximum absolute atomic E-state index is 11.8. The molecule has 2 N–H and O–H groups in total. The van der Waals surface area contributed by atoms with Gasteiger partial charge in [0.25, 0.3) is 0 Å². The van der Waals surface area contributed by atoms with E-state index in [-0.39, 0.29) is 5.91 Å². The Labute approximate surface area is 138 Å². The molecule has 3 rings (SSSR count). The normalized spacial score (nSPS) is 15.0. The van der Waals surface area contributed by atoms with Crippen LogP contribution in [0, 0.1) is 13.8 Å². The minimum absolute atomic E-state index is 0.341. The molecule has 0 aromatic heterocycles. The first-order chi connectivity index (χ1) is 11.1. The molecular formula is C20H24N2O. The van der Waals surface area contributed by atoms with E-state index in [1.165, 1.54) is 35.1 Å². The highest BCUT2D eigenvalue weighted by molar-refractivity contribution is 5.95. The molecule has 1 saturated heterocycles. The van der Waals surface area contributed by atoms with E-state index in [9.17, 15) is 4.79 Å². The van der Waals surface area contributed by atoms with E-state index in [1.807, 2.05) is 12.1 Å². The number of carbonyl (C=O) groups is 1. The van der Waals surface area contributed by atoms with Gasteiger partial charge in [0.2, 0.25) is 5.91 Å². The fourth-order valence-corrected chi connectivity index (χ4v) is 3.57. The van der Waals surface area contributed by atoms with E-state index in [2.05, 4.69) is 43.0 Å². The lowest BCUT2D eigenvalue weighted by molar-refractivity contribution is 0.0998. The molecule has 3 nitrogen and oxygen atoms in total. The minimum Gasteiger partial charge on any atom is -0.366 e. The van der Waals surface area contributed by atoms with Crippen LogP contribution >= 0.6 is 0 Å². The molecule has 1 fully saturated rings.